The SMILES string of the molecule is COc1ccc(NC(N)=NCCCc2[nH]nc(N)c2C#N)cc1. The third-order valence-electron chi connectivity index (χ3n) is 3.21. The number of rotatable bonds is 6. The summed E-state index contributed by atoms with van der Waals surface area (Å²) in [4.78, 5) is 4.24. The summed E-state index contributed by atoms with van der Waals surface area (Å²) in [6.45, 7) is 0.527. The fourth-order valence-electron chi connectivity index (χ4n) is 2.02. The maximum Gasteiger partial charge on any atom is 0.193 e. The van der Waals surface area contributed by atoms with Gasteiger partial charge < -0.3 is 21.5 Å². The number of aliphatic imine (C=N–C) groups is 1. The van der Waals surface area contributed by atoms with E-state index in [0.717, 1.165) is 23.6 Å². The molecule has 0 bridgehead atoms. The summed E-state index contributed by atoms with van der Waals surface area (Å²) < 4.78 is 5.09. The van der Waals surface area contributed by atoms with Gasteiger partial charge in [-0.25, -0.2) is 0 Å². The molecule has 23 heavy (non-hydrogen) atoms. The van der Waals surface area contributed by atoms with Crippen LogP contribution in [0.5, 0.6) is 5.75 Å². The lowest BCUT2D eigenvalue weighted by atomic mass is 10.1. The van der Waals surface area contributed by atoms with E-state index in [1.165, 1.54) is 0 Å². The number of anilines is 2. The first-order valence-corrected chi connectivity index (χ1v) is 7.08. The molecule has 8 nitrogen and oxygen atoms in total. The van der Waals surface area contributed by atoms with Gasteiger partial charge in [-0.15, -0.1) is 0 Å². The van der Waals surface area contributed by atoms with Crippen molar-refractivity contribution in [3.63, 3.8) is 0 Å². The van der Waals surface area contributed by atoms with Gasteiger partial charge >= 0.3 is 0 Å². The number of aryl methyl sites for hydroxylation is 1. The van der Waals surface area contributed by atoms with Gasteiger partial charge in [0.05, 0.1) is 12.8 Å². The van der Waals surface area contributed by atoms with E-state index in [2.05, 4.69) is 20.5 Å². The van der Waals surface area contributed by atoms with Crippen LogP contribution in [0.25, 0.3) is 0 Å². The lowest BCUT2D eigenvalue weighted by molar-refractivity contribution is 0.415. The van der Waals surface area contributed by atoms with Gasteiger partial charge in [0.1, 0.15) is 17.4 Å². The smallest absolute Gasteiger partial charge is 0.193 e. The summed E-state index contributed by atoms with van der Waals surface area (Å²) in [6, 6.07) is 9.41. The van der Waals surface area contributed by atoms with Gasteiger partial charge in [0, 0.05) is 12.2 Å². The van der Waals surface area contributed by atoms with Crippen molar-refractivity contribution in [3.8, 4) is 11.8 Å². The van der Waals surface area contributed by atoms with Crippen LogP contribution in [0.1, 0.15) is 17.7 Å². The molecule has 0 radical (unpaired) electrons. The third kappa shape index (κ3) is 4.38. The van der Waals surface area contributed by atoms with Crippen molar-refractivity contribution in [2.75, 3.05) is 24.7 Å². The minimum absolute atomic E-state index is 0.228. The maximum atomic E-state index is 8.98. The average Bonchev–Trinajstić information content (AvgIpc) is 2.92. The van der Waals surface area contributed by atoms with Crippen LogP contribution in [-0.4, -0.2) is 29.8 Å². The quantitative estimate of drug-likeness (QED) is 0.359. The van der Waals surface area contributed by atoms with Crippen LogP contribution in [0, 0.1) is 11.3 Å². The first-order chi connectivity index (χ1) is 11.1. The second kappa shape index (κ2) is 7.70. The van der Waals surface area contributed by atoms with Crippen LogP contribution in [0.3, 0.4) is 0 Å². The molecule has 0 spiro atoms. The van der Waals surface area contributed by atoms with Crippen LogP contribution >= 0.6 is 0 Å². The molecule has 2 rings (SSSR count). The van der Waals surface area contributed by atoms with Gasteiger partial charge in [-0.1, -0.05) is 0 Å². The van der Waals surface area contributed by atoms with Crippen LogP contribution < -0.4 is 21.5 Å². The normalized spacial score (nSPS) is 11.0. The maximum absolute atomic E-state index is 8.98. The largest absolute Gasteiger partial charge is 0.497 e. The van der Waals surface area contributed by atoms with Crippen molar-refractivity contribution in [2.24, 2.45) is 10.7 Å². The highest BCUT2D eigenvalue weighted by Crippen LogP contribution is 2.15. The standard InChI is InChI=1S/C15H19N7O/c1-23-11-6-4-10(5-7-11)20-15(18)19-8-2-3-13-12(9-16)14(17)22-21-13/h4-7H,2-3,8H2,1H3,(H3,17,21,22)(H3,18,19,20). The zero-order chi connectivity index (χ0) is 16.7. The number of nitrogens with two attached hydrogens (primary N) is 2. The molecule has 0 aliphatic carbocycles. The van der Waals surface area contributed by atoms with Crippen molar-refractivity contribution >= 4 is 17.5 Å². The van der Waals surface area contributed by atoms with Crippen LogP contribution in [0.15, 0.2) is 29.3 Å². The summed E-state index contributed by atoms with van der Waals surface area (Å²) in [5.41, 5.74) is 13.4. The van der Waals surface area contributed by atoms with E-state index in [1.807, 2.05) is 30.3 Å². The zero-order valence-electron chi connectivity index (χ0n) is 12.8. The molecule has 120 valence electrons. The Morgan fingerprint density at radius 3 is 2.83 bits per heavy atom. The molecule has 0 aliphatic rings. The summed E-state index contributed by atoms with van der Waals surface area (Å²) in [5, 5.41) is 18.6. The number of nitrogens with zero attached hydrogens (tertiary/aromatic N) is 3. The van der Waals surface area contributed by atoms with E-state index in [0.29, 0.717) is 24.5 Å². The molecule has 0 saturated carbocycles. The van der Waals surface area contributed by atoms with Crippen molar-refractivity contribution in [1.82, 2.24) is 10.2 Å². The minimum atomic E-state index is 0.228. The van der Waals surface area contributed by atoms with Gasteiger partial charge in [0.15, 0.2) is 11.8 Å². The predicted molar refractivity (Wildman–Crippen MR) is 89.1 cm³/mol. The topological polar surface area (TPSA) is 138 Å². The summed E-state index contributed by atoms with van der Waals surface area (Å²) in [6.07, 6.45) is 1.35. The van der Waals surface area contributed by atoms with E-state index < -0.39 is 0 Å². The van der Waals surface area contributed by atoms with Gasteiger partial charge in [0.2, 0.25) is 0 Å². The molecule has 0 unspecified atom stereocenters. The molecule has 2 aromatic rings. The summed E-state index contributed by atoms with van der Waals surface area (Å²) >= 11 is 0. The first kappa shape index (κ1) is 16.2. The summed E-state index contributed by atoms with van der Waals surface area (Å²) in [7, 11) is 1.61. The molecular formula is C15H19N7O. The van der Waals surface area contributed by atoms with E-state index in [9.17, 15) is 0 Å². The molecule has 0 saturated heterocycles. The van der Waals surface area contributed by atoms with Gasteiger partial charge in [-0.3, -0.25) is 10.1 Å². The van der Waals surface area contributed by atoms with Crippen molar-refractivity contribution < 1.29 is 4.74 Å². The molecule has 0 amide bonds. The Kier molecular flexibility index (Phi) is 5.41. The third-order valence-corrected chi connectivity index (χ3v) is 3.21. The van der Waals surface area contributed by atoms with E-state index >= 15 is 0 Å². The van der Waals surface area contributed by atoms with Gasteiger partial charge in [0.25, 0.3) is 0 Å². The molecule has 0 atom stereocenters. The number of nitrogen functional groups attached to an aromatic ring is 1. The summed E-state index contributed by atoms with van der Waals surface area (Å²) in [5.74, 6) is 1.34. The Labute approximate surface area is 134 Å². The minimum Gasteiger partial charge on any atom is -0.497 e. The fraction of sp³-hybridized carbons (Fsp3) is 0.267. The van der Waals surface area contributed by atoms with Gasteiger partial charge in [-0.2, -0.15) is 10.4 Å². The highest BCUT2D eigenvalue weighted by molar-refractivity contribution is 5.92. The van der Waals surface area contributed by atoms with Crippen LogP contribution in [-0.2, 0) is 6.42 Å². The molecule has 1 aromatic heterocycles. The lowest BCUT2D eigenvalue weighted by Gasteiger charge is -2.06. The van der Waals surface area contributed by atoms with Crippen molar-refractivity contribution in [3.05, 3.63) is 35.5 Å². The van der Waals surface area contributed by atoms with E-state index in [1.54, 1.807) is 7.11 Å². The molecule has 1 heterocycles. The number of H-pyrrole nitrogens is 1. The molecule has 8 heteroatoms. The van der Waals surface area contributed by atoms with Crippen molar-refractivity contribution in [1.29, 1.82) is 5.26 Å². The first-order valence-electron chi connectivity index (χ1n) is 7.08. The number of hydrogen-bond acceptors (Lipinski definition) is 5. The Bertz CT molecular complexity index is 712. The Morgan fingerprint density at radius 1 is 1.43 bits per heavy atom. The zero-order valence-corrected chi connectivity index (χ0v) is 12.8. The Hall–Kier alpha value is -3.21. The molecule has 0 aliphatic heterocycles. The lowest BCUT2D eigenvalue weighted by Crippen LogP contribution is -2.22. The second-order valence-electron chi connectivity index (χ2n) is 4.80. The second-order valence-corrected chi connectivity index (χ2v) is 4.80. The highest BCUT2D eigenvalue weighted by Gasteiger charge is 2.09. The molecule has 1 aromatic carbocycles. The highest BCUT2D eigenvalue weighted by atomic mass is 16.5. The molecule has 6 N–H and O–H groups in total. The Morgan fingerprint density at radius 2 is 2.17 bits per heavy atom. The van der Waals surface area contributed by atoms with Gasteiger partial charge in [-0.05, 0) is 37.1 Å². The number of ether oxygens (including phenoxy) is 1. The molecule has 0 fully saturated rings. The number of aromatic nitrogens is 2. The number of methoxy groups -OCH3 is 1. The molecular weight excluding hydrogens is 294 g/mol. The van der Waals surface area contributed by atoms with Crippen LogP contribution in [0.4, 0.5) is 11.5 Å². The number of aromatic amines is 1. The van der Waals surface area contributed by atoms with Crippen molar-refractivity contribution in [2.45, 2.75) is 12.8 Å². The van der Waals surface area contributed by atoms with Crippen LogP contribution in [0.2, 0.25) is 0 Å². The monoisotopic (exact) mass is 313 g/mol. The van der Waals surface area contributed by atoms with E-state index in [4.69, 9.17) is 21.5 Å². The van der Waals surface area contributed by atoms with E-state index in [-0.39, 0.29) is 5.82 Å². The number of nitrogens with one attached hydrogen (secondary N) is 2. The predicted octanol–water partition coefficient (Wildman–Crippen LogP) is 1.23. The number of benzene rings is 1. The number of nitriles is 1. The average molecular weight is 313 g/mol. The Balaban J connectivity index is 1.81. The fourth-order valence-corrected chi connectivity index (χ4v) is 2.02. The number of hydrogen-bond donors (Lipinski definition) is 4. The number of guanidine groups is 1.